The van der Waals surface area contributed by atoms with Gasteiger partial charge < -0.3 is 19.5 Å². The van der Waals surface area contributed by atoms with Crippen LogP contribution in [0.5, 0.6) is 17.2 Å². The van der Waals surface area contributed by atoms with Gasteiger partial charge >= 0.3 is 0 Å². The molecule has 3 aromatic rings. The molecule has 150 valence electrons. The van der Waals surface area contributed by atoms with E-state index in [2.05, 4.69) is 5.32 Å². The van der Waals surface area contributed by atoms with Crippen molar-refractivity contribution in [3.63, 3.8) is 0 Å². The fourth-order valence-electron chi connectivity index (χ4n) is 2.67. The summed E-state index contributed by atoms with van der Waals surface area (Å²) >= 11 is 0. The number of carbonyl (C=O) groups is 1. The number of hydrogen-bond acceptors (Lipinski definition) is 4. The Morgan fingerprint density at radius 1 is 0.931 bits per heavy atom. The van der Waals surface area contributed by atoms with Crippen molar-refractivity contribution in [1.29, 1.82) is 0 Å². The van der Waals surface area contributed by atoms with Crippen LogP contribution in [0.4, 0.5) is 14.5 Å². The smallest absolute Gasteiger partial charge is 0.256 e. The Kier molecular flexibility index (Phi) is 6.29. The molecule has 0 atom stereocenters. The summed E-state index contributed by atoms with van der Waals surface area (Å²) in [5.41, 5.74) is 0.812. The van der Waals surface area contributed by atoms with Crippen molar-refractivity contribution >= 4 is 11.6 Å². The molecule has 7 heteroatoms. The Hall–Kier alpha value is -3.61. The zero-order valence-electron chi connectivity index (χ0n) is 15.9. The van der Waals surface area contributed by atoms with Gasteiger partial charge in [-0.1, -0.05) is 30.3 Å². The van der Waals surface area contributed by atoms with Crippen LogP contribution in [0, 0.1) is 11.6 Å². The molecule has 29 heavy (non-hydrogen) atoms. The minimum Gasteiger partial charge on any atom is -0.493 e. The Morgan fingerprint density at radius 3 is 2.21 bits per heavy atom. The van der Waals surface area contributed by atoms with Gasteiger partial charge in [-0.25, -0.2) is 8.78 Å². The van der Waals surface area contributed by atoms with E-state index in [9.17, 15) is 13.6 Å². The average molecular weight is 399 g/mol. The standard InChI is InChI=1S/C22H19F2NO4/c1-27-19-10-15(22(26)25-18-12-16(23)8-9-17(18)24)11-20(28-2)21(19)29-13-14-6-4-3-5-7-14/h3-12H,13H2,1-2H3,(H,25,26). The second-order valence-corrected chi connectivity index (χ2v) is 6.06. The Morgan fingerprint density at radius 2 is 1.59 bits per heavy atom. The molecule has 1 N–H and O–H groups in total. The minimum absolute atomic E-state index is 0.134. The molecule has 0 radical (unpaired) electrons. The number of amides is 1. The molecule has 0 bridgehead atoms. The summed E-state index contributed by atoms with van der Waals surface area (Å²) < 4.78 is 43.7. The van der Waals surface area contributed by atoms with Gasteiger partial charge in [0.15, 0.2) is 11.5 Å². The molecule has 0 aliphatic carbocycles. The highest BCUT2D eigenvalue weighted by molar-refractivity contribution is 6.05. The number of methoxy groups -OCH3 is 2. The number of hydrogen-bond donors (Lipinski definition) is 1. The largest absolute Gasteiger partial charge is 0.493 e. The van der Waals surface area contributed by atoms with Gasteiger partial charge in [0.1, 0.15) is 18.2 Å². The molecule has 3 aromatic carbocycles. The van der Waals surface area contributed by atoms with Crippen LogP contribution in [0.2, 0.25) is 0 Å². The molecule has 0 spiro atoms. The third kappa shape index (κ3) is 4.82. The molecule has 1 amide bonds. The van der Waals surface area contributed by atoms with Crippen molar-refractivity contribution in [2.24, 2.45) is 0 Å². The van der Waals surface area contributed by atoms with E-state index in [1.54, 1.807) is 0 Å². The van der Waals surface area contributed by atoms with Gasteiger partial charge in [-0.3, -0.25) is 4.79 Å². The van der Waals surface area contributed by atoms with E-state index in [4.69, 9.17) is 14.2 Å². The number of carbonyl (C=O) groups excluding carboxylic acids is 1. The van der Waals surface area contributed by atoms with Gasteiger partial charge in [0.05, 0.1) is 19.9 Å². The van der Waals surface area contributed by atoms with Crippen LogP contribution in [0.1, 0.15) is 15.9 Å². The topological polar surface area (TPSA) is 56.8 Å². The summed E-state index contributed by atoms with van der Waals surface area (Å²) in [4.78, 5) is 12.6. The van der Waals surface area contributed by atoms with Crippen LogP contribution in [-0.2, 0) is 6.61 Å². The summed E-state index contributed by atoms with van der Waals surface area (Å²) in [5.74, 6) is -1.20. The first kappa shape index (κ1) is 20.1. The third-order valence-corrected chi connectivity index (χ3v) is 4.13. The average Bonchev–Trinajstić information content (AvgIpc) is 2.74. The molecule has 0 aliphatic heterocycles. The minimum atomic E-state index is -0.749. The van der Waals surface area contributed by atoms with Gasteiger partial charge in [-0.05, 0) is 29.8 Å². The van der Waals surface area contributed by atoms with E-state index in [1.807, 2.05) is 30.3 Å². The molecular weight excluding hydrogens is 380 g/mol. The Balaban J connectivity index is 1.86. The van der Waals surface area contributed by atoms with Gasteiger partial charge in [0.2, 0.25) is 5.75 Å². The van der Waals surface area contributed by atoms with Gasteiger partial charge in [0.25, 0.3) is 5.91 Å². The normalized spacial score (nSPS) is 10.3. The second-order valence-electron chi connectivity index (χ2n) is 6.06. The van der Waals surface area contributed by atoms with Gasteiger partial charge in [-0.15, -0.1) is 0 Å². The predicted molar refractivity (Wildman–Crippen MR) is 105 cm³/mol. The summed E-state index contributed by atoms with van der Waals surface area (Å²) in [5, 5.41) is 2.34. The molecule has 5 nitrogen and oxygen atoms in total. The maximum absolute atomic E-state index is 13.8. The molecule has 0 saturated heterocycles. The quantitative estimate of drug-likeness (QED) is 0.619. The summed E-state index contributed by atoms with van der Waals surface area (Å²) in [7, 11) is 2.86. The summed E-state index contributed by atoms with van der Waals surface area (Å²) in [6.07, 6.45) is 0. The molecular formula is C22H19F2NO4. The molecule has 3 rings (SSSR count). The zero-order valence-corrected chi connectivity index (χ0v) is 15.9. The number of benzene rings is 3. The van der Waals surface area contributed by atoms with E-state index in [-0.39, 0.29) is 29.4 Å². The predicted octanol–water partition coefficient (Wildman–Crippen LogP) is 4.81. The number of halogens is 2. The van der Waals surface area contributed by atoms with Gasteiger partial charge in [-0.2, -0.15) is 0 Å². The van der Waals surface area contributed by atoms with Crippen molar-refractivity contribution in [3.05, 3.63) is 83.4 Å². The molecule has 0 heterocycles. The third-order valence-electron chi connectivity index (χ3n) is 4.13. The first-order valence-corrected chi connectivity index (χ1v) is 8.71. The Bertz CT molecular complexity index is 984. The van der Waals surface area contributed by atoms with E-state index < -0.39 is 17.5 Å². The number of rotatable bonds is 7. The van der Waals surface area contributed by atoms with Crippen molar-refractivity contribution in [3.8, 4) is 17.2 Å². The fraction of sp³-hybridized carbons (Fsp3) is 0.136. The van der Waals surface area contributed by atoms with E-state index in [0.717, 1.165) is 23.8 Å². The monoisotopic (exact) mass is 399 g/mol. The molecule has 0 unspecified atom stereocenters. The highest BCUT2D eigenvalue weighted by Crippen LogP contribution is 2.39. The lowest BCUT2D eigenvalue weighted by Gasteiger charge is -2.16. The van der Waals surface area contributed by atoms with Crippen LogP contribution in [0.15, 0.2) is 60.7 Å². The summed E-state index contributed by atoms with van der Waals surface area (Å²) in [6, 6.07) is 15.2. The molecule has 0 saturated carbocycles. The lowest BCUT2D eigenvalue weighted by molar-refractivity contribution is 0.102. The zero-order chi connectivity index (χ0) is 20.8. The van der Waals surface area contributed by atoms with E-state index >= 15 is 0 Å². The maximum Gasteiger partial charge on any atom is 0.256 e. The molecule has 0 aromatic heterocycles. The highest BCUT2D eigenvalue weighted by atomic mass is 19.1. The summed E-state index contributed by atoms with van der Waals surface area (Å²) in [6.45, 7) is 0.271. The van der Waals surface area contributed by atoms with Crippen molar-refractivity contribution < 1.29 is 27.8 Å². The van der Waals surface area contributed by atoms with Crippen LogP contribution in [-0.4, -0.2) is 20.1 Å². The first-order valence-electron chi connectivity index (χ1n) is 8.71. The van der Waals surface area contributed by atoms with E-state index in [0.29, 0.717) is 5.75 Å². The number of anilines is 1. The number of ether oxygens (including phenoxy) is 3. The van der Waals surface area contributed by atoms with Gasteiger partial charge in [0, 0.05) is 11.6 Å². The van der Waals surface area contributed by atoms with Crippen molar-refractivity contribution in [2.75, 3.05) is 19.5 Å². The highest BCUT2D eigenvalue weighted by Gasteiger charge is 2.19. The second kappa shape index (κ2) is 9.05. The van der Waals surface area contributed by atoms with Crippen molar-refractivity contribution in [1.82, 2.24) is 0 Å². The van der Waals surface area contributed by atoms with Crippen LogP contribution in [0.3, 0.4) is 0 Å². The van der Waals surface area contributed by atoms with Crippen molar-refractivity contribution in [2.45, 2.75) is 6.61 Å². The van der Waals surface area contributed by atoms with Crippen LogP contribution < -0.4 is 19.5 Å². The Labute approximate surface area is 166 Å². The van der Waals surface area contributed by atoms with E-state index in [1.165, 1.54) is 26.4 Å². The first-order chi connectivity index (χ1) is 14.0. The lowest BCUT2D eigenvalue weighted by atomic mass is 10.1. The molecule has 0 fully saturated rings. The van der Waals surface area contributed by atoms with Crippen LogP contribution >= 0.6 is 0 Å². The fourth-order valence-corrected chi connectivity index (χ4v) is 2.67. The number of nitrogens with one attached hydrogen (secondary N) is 1. The van der Waals surface area contributed by atoms with Crippen LogP contribution in [0.25, 0.3) is 0 Å². The SMILES string of the molecule is COc1cc(C(=O)Nc2cc(F)ccc2F)cc(OC)c1OCc1ccccc1. The lowest BCUT2D eigenvalue weighted by Crippen LogP contribution is -2.14. The molecule has 0 aliphatic rings. The maximum atomic E-state index is 13.8.